The largest absolute Gasteiger partial charge is 0.394 e. The Hall–Kier alpha value is -2.22. The maximum Gasteiger partial charge on any atom is 0.280 e. The van der Waals surface area contributed by atoms with E-state index >= 15 is 0 Å². The number of nitrogens with zero attached hydrogens (tertiary/aromatic N) is 3. The molecule has 1 aliphatic rings. The van der Waals surface area contributed by atoms with Gasteiger partial charge in [-0.05, 0) is 0 Å². The Labute approximate surface area is 139 Å². The number of anilines is 1. The molecule has 1 aliphatic heterocycles. The second-order valence-corrected chi connectivity index (χ2v) is 5.49. The lowest BCUT2D eigenvalue weighted by Gasteiger charge is -2.39. The molecule has 12 nitrogen and oxygen atoms in total. The maximum atomic E-state index is 11.8. The van der Waals surface area contributed by atoms with Crippen LogP contribution >= 0.6 is 0 Å². The number of hydrogen-bond donors (Lipinski definition) is 6. The van der Waals surface area contributed by atoms with Crippen molar-refractivity contribution in [2.24, 2.45) is 0 Å². The summed E-state index contributed by atoms with van der Waals surface area (Å²) in [6.45, 7) is -0.779. The highest BCUT2D eigenvalue weighted by molar-refractivity contribution is 5.69. The van der Waals surface area contributed by atoms with Crippen molar-refractivity contribution in [1.82, 2.24) is 19.9 Å². The van der Waals surface area contributed by atoms with E-state index < -0.39 is 42.9 Å². The highest BCUT2D eigenvalue weighted by atomic mass is 16.7. The van der Waals surface area contributed by atoms with Crippen molar-refractivity contribution in [2.75, 3.05) is 12.3 Å². The molecule has 7 N–H and O–H groups in total. The van der Waals surface area contributed by atoms with Gasteiger partial charge in [0.1, 0.15) is 24.4 Å². The third-order valence-electron chi connectivity index (χ3n) is 3.73. The van der Waals surface area contributed by atoms with Gasteiger partial charge in [-0.15, -0.1) is 0 Å². The summed E-state index contributed by atoms with van der Waals surface area (Å²) in [5, 5.41) is 38.4. The Balaban J connectivity index is 1.75. The molecule has 3 rings (SSSR count). The molecule has 0 saturated carbocycles. The molecule has 1 fully saturated rings. The van der Waals surface area contributed by atoms with Gasteiger partial charge in [0.2, 0.25) is 5.95 Å². The minimum absolute atomic E-state index is 0.0379. The van der Waals surface area contributed by atoms with Crippen LogP contribution in [0.15, 0.2) is 11.0 Å². The van der Waals surface area contributed by atoms with Crippen molar-refractivity contribution >= 4 is 17.1 Å². The molecule has 0 bridgehead atoms. The minimum Gasteiger partial charge on any atom is -0.394 e. The van der Waals surface area contributed by atoms with Crippen LogP contribution in [0, 0.1) is 0 Å². The van der Waals surface area contributed by atoms with Crippen molar-refractivity contribution < 1.29 is 29.9 Å². The molecule has 12 heteroatoms. The van der Waals surface area contributed by atoms with Gasteiger partial charge < -0.3 is 35.6 Å². The fourth-order valence-corrected chi connectivity index (χ4v) is 2.41. The van der Waals surface area contributed by atoms with Crippen molar-refractivity contribution in [3.05, 3.63) is 22.2 Å². The van der Waals surface area contributed by atoms with Gasteiger partial charge in [-0.1, -0.05) is 0 Å². The van der Waals surface area contributed by atoms with Crippen LogP contribution in [0.4, 0.5) is 5.95 Å². The first-order valence-corrected chi connectivity index (χ1v) is 7.34. The Morgan fingerprint density at radius 2 is 2.00 bits per heavy atom. The first-order valence-electron chi connectivity index (χ1n) is 7.34. The van der Waals surface area contributed by atoms with E-state index in [4.69, 9.17) is 20.3 Å². The van der Waals surface area contributed by atoms with E-state index in [0.717, 1.165) is 0 Å². The molecule has 0 spiro atoms. The second kappa shape index (κ2) is 6.95. The number of aromatic amines is 1. The zero-order chi connectivity index (χ0) is 18.1. The van der Waals surface area contributed by atoms with Crippen LogP contribution in [0.25, 0.3) is 11.2 Å². The van der Waals surface area contributed by atoms with E-state index in [-0.39, 0.29) is 29.4 Å². The second-order valence-electron chi connectivity index (χ2n) is 5.49. The first-order chi connectivity index (χ1) is 11.9. The Kier molecular flexibility index (Phi) is 4.89. The summed E-state index contributed by atoms with van der Waals surface area (Å²) in [7, 11) is 0. The SMILES string of the molecule is Nc1nc2ncc(CO[C@@H]3O[C@H](CO)[C@H](O)[C@H](O)[C@H]3O)nc2c(=O)[nH]1. The smallest absolute Gasteiger partial charge is 0.280 e. The average molecular weight is 355 g/mol. The molecule has 0 amide bonds. The molecule has 2 aromatic heterocycles. The lowest BCUT2D eigenvalue weighted by Crippen LogP contribution is -2.59. The maximum absolute atomic E-state index is 11.8. The van der Waals surface area contributed by atoms with E-state index in [9.17, 15) is 20.1 Å². The number of fused-ring (bicyclic) bond motifs is 1. The highest BCUT2D eigenvalue weighted by Crippen LogP contribution is 2.22. The predicted molar refractivity (Wildman–Crippen MR) is 80.9 cm³/mol. The summed E-state index contributed by atoms with van der Waals surface area (Å²) in [4.78, 5) is 25.9. The molecule has 0 aromatic carbocycles. The standard InChI is InChI=1S/C13H17N5O7/c14-13-17-10-6(11(23)18-13)16-4(1-15-10)3-24-12-9(22)8(21)7(20)5(2-19)25-12/h1,5,7-9,12,19-22H,2-3H2,(H3,14,15,17,18,23)/t5-,7+,8+,9-,12-/m1/s1. The van der Waals surface area contributed by atoms with Crippen LogP contribution in [-0.2, 0) is 16.1 Å². The summed E-state index contributed by atoms with van der Waals surface area (Å²) < 4.78 is 10.5. The van der Waals surface area contributed by atoms with Gasteiger partial charge in [0, 0.05) is 0 Å². The van der Waals surface area contributed by atoms with Crippen molar-refractivity contribution in [2.45, 2.75) is 37.3 Å². The van der Waals surface area contributed by atoms with Gasteiger partial charge in [-0.25, -0.2) is 9.97 Å². The molecule has 136 valence electrons. The normalized spacial score (nSPS) is 29.8. The quantitative estimate of drug-likeness (QED) is 0.320. The lowest BCUT2D eigenvalue weighted by molar-refractivity contribution is -0.304. The average Bonchev–Trinajstić information content (AvgIpc) is 2.59. The number of aliphatic hydroxyl groups excluding tert-OH is 4. The number of nitrogens with two attached hydrogens (primary N) is 1. The van der Waals surface area contributed by atoms with Crippen LogP contribution in [0.3, 0.4) is 0 Å². The molecule has 5 atom stereocenters. The van der Waals surface area contributed by atoms with E-state index in [0.29, 0.717) is 0 Å². The number of aliphatic hydroxyl groups is 4. The third kappa shape index (κ3) is 3.44. The van der Waals surface area contributed by atoms with Crippen LogP contribution in [0.5, 0.6) is 0 Å². The number of aromatic nitrogens is 4. The fourth-order valence-electron chi connectivity index (χ4n) is 2.41. The van der Waals surface area contributed by atoms with Gasteiger partial charge in [0.15, 0.2) is 17.5 Å². The summed E-state index contributed by atoms with van der Waals surface area (Å²) in [6.07, 6.45) is -5.64. The molecule has 0 radical (unpaired) electrons. The van der Waals surface area contributed by atoms with Gasteiger partial charge in [0.25, 0.3) is 5.56 Å². The molecular weight excluding hydrogens is 338 g/mol. The van der Waals surface area contributed by atoms with E-state index in [1.165, 1.54) is 6.20 Å². The van der Waals surface area contributed by atoms with Crippen molar-refractivity contribution in [3.8, 4) is 0 Å². The van der Waals surface area contributed by atoms with Gasteiger partial charge in [0.05, 0.1) is 25.1 Å². The molecule has 1 saturated heterocycles. The number of H-pyrrole nitrogens is 1. The fraction of sp³-hybridized carbons (Fsp3) is 0.538. The molecule has 3 heterocycles. The van der Waals surface area contributed by atoms with Crippen molar-refractivity contribution in [1.29, 1.82) is 0 Å². The first kappa shape index (κ1) is 17.6. The zero-order valence-electron chi connectivity index (χ0n) is 12.8. The van der Waals surface area contributed by atoms with E-state index in [1.54, 1.807) is 0 Å². The molecular formula is C13H17N5O7. The Morgan fingerprint density at radius 1 is 1.24 bits per heavy atom. The van der Waals surface area contributed by atoms with E-state index in [2.05, 4.69) is 19.9 Å². The van der Waals surface area contributed by atoms with Gasteiger partial charge in [-0.3, -0.25) is 9.78 Å². The molecule has 0 aliphatic carbocycles. The van der Waals surface area contributed by atoms with Crippen LogP contribution < -0.4 is 11.3 Å². The van der Waals surface area contributed by atoms with Crippen LogP contribution in [-0.4, -0.2) is 77.7 Å². The molecule has 25 heavy (non-hydrogen) atoms. The Morgan fingerprint density at radius 3 is 2.72 bits per heavy atom. The third-order valence-corrected chi connectivity index (χ3v) is 3.73. The number of nitrogens with one attached hydrogen (secondary N) is 1. The predicted octanol–water partition coefficient (Wildman–Crippen LogP) is -3.39. The lowest BCUT2D eigenvalue weighted by atomic mass is 9.99. The molecule has 2 aromatic rings. The number of ether oxygens (including phenoxy) is 2. The number of rotatable bonds is 4. The van der Waals surface area contributed by atoms with Crippen LogP contribution in [0.2, 0.25) is 0 Å². The summed E-state index contributed by atoms with van der Waals surface area (Å²) in [6, 6.07) is 0. The highest BCUT2D eigenvalue weighted by Gasteiger charge is 2.44. The van der Waals surface area contributed by atoms with Crippen molar-refractivity contribution in [3.63, 3.8) is 0 Å². The van der Waals surface area contributed by atoms with Crippen LogP contribution in [0.1, 0.15) is 5.69 Å². The Bertz CT molecular complexity index is 813. The zero-order valence-corrected chi connectivity index (χ0v) is 12.8. The number of hydrogen-bond acceptors (Lipinski definition) is 11. The summed E-state index contributed by atoms with van der Waals surface area (Å²) in [5.41, 5.74) is 5.12. The van der Waals surface area contributed by atoms with E-state index in [1.807, 2.05) is 0 Å². The number of nitrogen functional groups attached to an aromatic ring is 1. The molecule has 0 unspecified atom stereocenters. The minimum atomic E-state index is -1.55. The summed E-state index contributed by atoms with van der Waals surface area (Å²) >= 11 is 0. The van der Waals surface area contributed by atoms with Gasteiger partial charge in [-0.2, -0.15) is 4.98 Å². The monoisotopic (exact) mass is 355 g/mol. The summed E-state index contributed by atoms with van der Waals surface area (Å²) in [5.74, 6) is -0.0860. The van der Waals surface area contributed by atoms with Gasteiger partial charge >= 0.3 is 0 Å². The topological polar surface area (TPSA) is 197 Å².